The number of fused-ring (bicyclic) bond motifs is 1. The summed E-state index contributed by atoms with van der Waals surface area (Å²) in [5.74, 6) is -0.570. The molecule has 0 fully saturated rings. The van der Waals surface area contributed by atoms with Crippen LogP contribution < -0.4 is 16.6 Å². The van der Waals surface area contributed by atoms with Crippen molar-refractivity contribution in [3.8, 4) is 0 Å². The highest BCUT2D eigenvalue weighted by molar-refractivity contribution is 6.06. The molecule has 27 heavy (non-hydrogen) atoms. The van der Waals surface area contributed by atoms with Gasteiger partial charge in [-0.15, -0.1) is 0 Å². The number of aryl methyl sites for hydroxylation is 1. The molecule has 3 aromatic rings. The molecule has 0 atom stereocenters. The number of rotatable bonds is 3. The van der Waals surface area contributed by atoms with Gasteiger partial charge in [-0.3, -0.25) is 28.8 Å². The first-order valence-corrected chi connectivity index (χ1v) is 7.83. The van der Waals surface area contributed by atoms with E-state index in [0.717, 1.165) is 4.57 Å². The Morgan fingerprint density at radius 1 is 1.22 bits per heavy atom. The summed E-state index contributed by atoms with van der Waals surface area (Å²) >= 11 is 0. The number of hydrogen-bond acceptors (Lipinski definition) is 6. The highest BCUT2D eigenvalue weighted by atomic mass is 16.6. The van der Waals surface area contributed by atoms with Crippen molar-refractivity contribution in [2.45, 2.75) is 6.92 Å². The fourth-order valence-electron chi connectivity index (χ4n) is 2.80. The molecule has 1 N–H and O–H groups in total. The predicted molar refractivity (Wildman–Crippen MR) is 98.0 cm³/mol. The molecular weight excluding hydrogens is 354 g/mol. The van der Waals surface area contributed by atoms with E-state index in [1.807, 2.05) is 0 Å². The van der Waals surface area contributed by atoms with E-state index in [1.165, 1.54) is 56.0 Å². The quantitative estimate of drug-likeness (QED) is 0.544. The van der Waals surface area contributed by atoms with Crippen molar-refractivity contribution in [1.82, 2.24) is 14.1 Å². The summed E-state index contributed by atoms with van der Waals surface area (Å²) in [6.07, 6.45) is 1.31. The fourth-order valence-corrected chi connectivity index (χ4v) is 2.80. The van der Waals surface area contributed by atoms with Gasteiger partial charge in [-0.25, -0.2) is 9.78 Å². The Balaban J connectivity index is 2.04. The number of benzene rings is 1. The molecule has 2 aromatic heterocycles. The monoisotopic (exact) mass is 369 g/mol. The predicted octanol–water partition coefficient (Wildman–Crippen LogP) is 1.10. The molecule has 138 valence electrons. The van der Waals surface area contributed by atoms with Gasteiger partial charge in [0.1, 0.15) is 5.65 Å². The van der Waals surface area contributed by atoms with Crippen LogP contribution in [0.2, 0.25) is 0 Å². The topological polar surface area (TPSA) is 129 Å². The minimum atomic E-state index is -0.570. The summed E-state index contributed by atoms with van der Waals surface area (Å²) in [6.45, 7) is 1.48. The molecule has 0 spiro atoms. The highest BCUT2D eigenvalue weighted by Crippen LogP contribution is 2.22. The van der Waals surface area contributed by atoms with Gasteiger partial charge in [0, 0.05) is 31.3 Å². The largest absolute Gasteiger partial charge is 0.332 e. The van der Waals surface area contributed by atoms with Gasteiger partial charge in [0.15, 0.2) is 0 Å². The van der Waals surface area contributed by atoms with Crippen molar-refractivity contribution in [1.29, 1.82) is 0 Å². The molecule has 0 bridgehead atoms. The standard InChI is InChI=1S/C17H15N5O5/c1-9-11(5-4-6-13(9)22(26)27)15(23)19-10-7-12-14(18-8-10)20(2)17(25)21(3)16(12)24/h4-8H,1-3H3,(H,19,23). The van der Waals surface area contributed by atoms with Crippen molar-refractivity contribution in [3.63, 3.8) is 0 Å². The summed E-state index contributed by atoms with van der Waals surface area (Å²) in [6, 6.07) is 5.61. The average Bonchev–Trinajstić information content (AvgIpc) is 2.64. The maximum Gasteiger partial charge on any atom is 0.332 e. The average molecular weight is 369 g/mol. The van der Waals surface area contributed by atoms with Gasteiger partial charge in [0.05, 0.1) is 22.2 Å². The molecule has 0 aliphatic rings. The maximum absolute atomic E-state index is 12.5. The summed E-state index contributed by atoms with van der Waals surface area (Å²) in [5.41, 5.74) is -0.429. The number of carbonyl (C=O) groups excluding carboxylic acids is 1. The third-order valence-corrected chi connectivity index (χ3v) is 4.30. The lowest BCUT2D eigenvalue weighted by Gasteiger charge is -2.10. The van der Waals surface area contributed by atoms with Crippen molar-refractivity contribution >= 4 is 28.3 Å². The van der Waals surface area contributed by atoms with E-state index < -0.39 is 22.1 Å². The zero-order chi connectivity index (χ0) is 19.9. The third-order valence-electron chi connectivity index (χ3n) is 4.30. The number of pyridine rings is 1. The van der Waals surface area contributed by atoms with Crippen LogP contribution in [-0.2, 0) is 14.1 Å². The minimum Gasteiger partial charge on any atom is -0.321 e. The van der Waals surface area contributed by atoms with E-state index in [0.29, 0.717) is 0 Å². The molecule has 1 aromatic carbocycles. The van der Waals surface area contributed by atoms with E-state index in [-0.39, 0.29) is 33.5 Å². The van der Waals surface area contributed by atoms with Gasteiger partial charge in [-0.05, 0) is 19.1 Å². The van der Waals surface area contributed by atoms with Gasteiger partial charge in [-0.2, -0.15) is 0 Å². The van der Waals surface area contributed by atoms with Gasteiger partial charge < -0.3 is 5.32 Å². The van der Waals surface area contributed by atoms with E-state index in [9.17, 15) is 24.5 Å². The Labute approximate surface area is 151 Å². The number of nitrogens with one attached hydrogen (secondary N) is 1. The number of aromatic nitrogens is 3. The summed E-state index contributed by atoms with van der Waals surface area (Å²) in [7, 11) is 2.84. The van der Waals surface area contributed by atoms with Crippen LogP contribution in [0.15, 0.2) is 40.1 Å². The van der Waals surface area contributed by atoms with Gasteiger partial charge in [-0.1, -0.05) is 6.07 Å². The molecule has 0 saturated heterocycles. The molecule has 1 amide bonds. The Hall–Kier alpha value is -3.82. The van der Waals surface area contributed by atoms with Crippen molar-refractivity contribution in [2.75, 3.05) is 5.32 Å². The second kappa shape index (κ2) is 6.48. The Morgan fingerprint density at radius 3 is 2.59 bits per heavy atom. The van der Waals surface area contributed by atoms with Crippen molar-refractivity contribution < 1.29 is 9.72 Å². The number of anilines is 1. The van der Waals surface area contributed by atoms with E-state index >= 15 is 0 Å². The first-order chi connectivity index (χ1) is 12.7. The van der Waals surface area contributed by atoms with Crippen molar-refractivity contribution in [2.24, 2.45) is 14.1 Å². The molecule has 10 nitrogen and oxygen atoms in total. The molecule has 0 radical (unpaired) electrons. The number of hydrogen-bond donors (Lipinski definition) is 1. The smallest absolute Gasteiger partial charge is 0.321 e. The molecule has 10 heteroatoms. The van der Waals surface area contributed by atoms with Crippen LogP contribution in [0.4, 0.5) is 11.4 Å². The van der Waals surface area contributed by atoms with Crippen LogP contribution in [0, 0.1) is 17.0 Å². The highest BCUT2D eigenvalue weighted by Gasteiger charge is 2.18. The number of nitro benzene ring substituents is 1. The third kappa shape index (κ3) is 2.97. The lowest BCUT2D eigenvalue weighted by atomic mass is 10.1. The van der Waals surface area contributed by atoms with Crippen LogP contribution in [0.5, 0.6) is 0 Å². The Morgan fingerprint density at radius 2 is 1.93 bits per heavy atom. The normalized spacial score (nSPS) is 10.8. The molecule has 0 aliphatic carbocycles. The van der Waals surface area contributed by atoms with Crippen LogP contribution in [0.3, 0.4) is 0 Å². The second-order valence-corrected chi connectivity index (χ2v) is 5.96. The molecule has 0 unspecified atom stereocenters. The molecule has 3 rings (SSSR count). The summed E-state index contributed by atoms with van der Waals surface area (Å²) < 4.78 is 2.17. The molecule has 0 saturated carbocycles. The van der Waals surface area contributed by atoms with Crippen LogP contribution in [0.1, 0.15) is 15.9 Å². The van der Waals surface area contributed by atoms with E-state index in [1.54, 1.807) is 0 Å². The number of nitrogens with zero attached hydrogens (tertiary/aromatic N) is 4. The van der Waals surface area contributed by atoms with E-state index in [2.05, 4.69) is 10.3 Å². The SMILES string of the molecule is Cc1c(C(=O)Nc2cnc3c(c2)c(=O)n(C)c(=O)n3C)cccc1[N+](=O)[O-]. The Kier molecular flexibility index (Phi) is 4.32. The molecule has 0 aliphatic heterocycles. The lowest BCUT2D eigenvalue weighted by molar-refractivity contribution is -0.385. The van der Waals surface area contributed by atoms with Gasteiger partial charge in [0.2, 0.25) is 0 Å². The Bertz CT molecular complexity index is 1220. The maximum atomic E-state index is 12.5. The van der Waals surface area contributed by atoms with Crippen molar-refractivity contribution in [3.05, 3.63) is 72.5 Å². The van der Waals surface area contributed by atoms with Crippen LogP contribution in [0.25, 0.3) is 11.0 Å². The zero-order valence-corrected chi connectivity index (χ0v) is 14.7. The zero-order valence-electron chi connectivity index (χ0n) is 14.7. The first-order valence-electron chi connectivity index (χ1n) is 7.83. The van der Waals surface area contributed by atoms with Crippen LogP contribution in [-0.4, -0.2) is 24.9 Å². The number of carbonyl (C=O) groups is 1. The minimum absolute atomic E-state index is 0.137. The molecule has 2 heterocycles. The number of amides is 1. The van der Waals surface area contributed by atoms with Crippen LogP contribution >= 0.6 is 0 Å². The number of nitro groups is 1. The van der Waals surface area contributed by atoms with E-state index in [4.69, 9.17) is 0 Å². The van der Waals surface area contributed by atoms with Gasteiger partial charge >= 0.3 is 5.69 Å². The summed E-state index contributed by atoms with van der Waals surface area (Å²) in [5, 5.41) is 13.8. The first kappa shape index (κ1) is 18.0. The molecular formula is C17H15N5O5. The second-order valence-electron chi connectivity index (χ2n) is 5.96. The summed E-state index contributed by atoms with van der Waals surface area (Å²) in [4.78, 5) is 51.3. The fraction of sp³-hybridized carbons (Fsp3) is 0.176. The lowest BCUT2D eigenvalue weighted by Crippen LogP contribution is -2.37. The van der Waals surface area contributed by atoms with Gasteiger partial charge in [0.25, 0.3) is 17.2 Å².